The molecule has 0 aliphatic rings. The van der Waals surface area contributed by atoms with Gasteiger partial charge in [-0.3, -0.25) is 28.8 Å². The Morgan fingerprint density at radius 2 is 1.27 bits per heavy atom. The first-order valence-electron chi connectivity index (χ1n) is 13.6. The van der Waals surface area contributed by atoms with Crippen molar-refractivity contribution < 1.29 is 57.2 Å². The van der Waals surface area contributed by atoms with Crippen molar-refractivity contribution in [3.63, 3.8) is 0 Å². The number of hydrogen-bond acceptors (Lipinski definition) is 12. The number of halogens is 1. The molecule has 4 atom stereocenters. The average molecular weight is 635 g/mol. The first-order chi connectivity index (χ1) is 20.7. The molecule has 2 aromatic carbocycles. The molecule has 2 rings (SSSR count). The second-order valence-electron chi connectivity index (χ2n) is 9.55. The molecule has 0 unspecified atom stereocenters. The lowest BCUT2D eigenvalue weighted by molar-refractivity contribution is -0.199. The topological polar surface area (TPSA) is 158 Å². The van der Waals surface area contributed by atoms with Crippen LogP contribution in [0, 0.1) is 0 Å². The van der Waals surface area contributed by atoms with Gasteiger partial charge in [-0.25, -0.2) is 0 Å². The SMILES string of the molecule is CCOc1ccc(Cc2cc(C(=O)[C@H](OC(C)=O)[C@@H](OC(C)=O)[C@H](OC(C)=O)[C@@H](COC(C)=O)OC(C)=O)ccc2Cl)cc1. The number of ketones is 1. The molecule has 0 fully saturated rings. The number of carbonyl (C=O) groups excluding carboxylic acids is 6. The summed E-state index contributed by atoms with van der Waals surface area (Å²) in [5, 5.41) is 0.352. The molecule has 0 saturated carbocycles. The summed E-state index contributed by atoms with van der Waals surface area (Å²) in [6.45, 7) is 6.92. The highest BCUT2D eigenvalue weighted by Crippen LogP contribution is 2.27. The Morgan fingerprint density at radius 3 is 1.80 bits per heavy atom. The van der Waals surface area contributed by atoms with Gasteiger partial charge in [-0.15, -0.1) is 0 Å². The number of benzene rings is 2. The molecule has 2 aromatic rings. The fourth-order valence-electron chi connectivity index (χ4n) is 4.21. The molecule has 44 heavy (non-hydrogen) atoms. The average Bonchev–Trinajstić information content (AvgIpc) is 2.93. The summed E-state index contributed by atoms with van der Waals surface area (Å²) in [4.78, 5) is 74.0. The van der Waals surface area contributed by atoms with E-state index in [4.69, 9.17) is 40.0 Å². The van der Waals surface area contributed by atoms with Gasteiger partial charge in [0.05, 0.1) is 6.61 Å². The fourth-order valence-corrected chi connectivity index (χ4v) is 4.40. The van der Waals surface area contributed by atoms with E-state index in [1.165, 1.54) is 18.2 Å². The number of esters is 5. The van der Waals surface area contributed by atoms with Crippen LogP contribution in [-0.4, -0.2) is 73.3 Å². The molecule has 0 aliphatic heterocycles. The van der Waals surface area contributed by atoms with Crippen molar-refractivity contribution in [1.82, 2.24) is 0 Å². The summed E-state index contributed by atoms with van der Waals surface area (Å²) in [7, 11) is 0. The fraction of sp³-hybridized carbons (Fsp3) is 0.419. The molecule has 0 bridgehead atoms. The molecule has 0 N–H and O–H groups in total. The van der Waals surface area contributed by atoms with Crippen molar-refractivity contribution in [2.75, 3.05) is 13.2 Å². The van der Waals surface area contributed by atoms with E-state index >= 15 is 0 Å². The van der Waals surface area contributed by atoms with E-state index in [2.05, 4.69) is 0 Å². The Bertz CT molecular complexity index is 1350. The van der Waals surface area contributed by atoms with Crippen LogP contribution in [0.4, 0.5) is 0 Å². The smallest absolute Gasteiger partial charge is 0.303 e. The van der Waals surface area contributed by atoms with Crippen LogP contribution >= 0.6 is 11.6 Å². The third kappa shape index (κ3) is 11.3. The van der Waals surface area contributed by atoms with Gasteiger partial charge in [0, 0.05) is 45.2 Å². The Morgan fingerprint density at radius 1 is 0.705 bits per heavy atom. The van der Waals surface area contributed by atoms with Crippen LogP contribution in [0.1, 0.15) is 63.0 Å². The molecule has 0 aromatic heterocycles. The predicted octanol–water partition coefficient (Wildman–Crippen LogP) is 3.80. The van der Waals surface area contributed by atoms with Crippen molar-refractivity contribution in [3.05, 3.63) is 64.2 Å². The number of hydrogen-bond donors (Lipinski definition) is 0. The Labute approximate surface area is 259 Å². The van der Waals surface area contributed by atoms with E-state index in [9.17, 15) is 28.8 Å². The van der Waals surface area contributed by atoms with E-state index in [0.29, 0.717) is 29.4 Å². The zero-order valence-electron chi connectivity index (χ0n) is 25.2. The minimum Gasteiger partial charge on any atom is -0.494 e. The van der Waals surface area contributed by atoms with Gasteiger partial charge >= 0.3 is 29.8 Å². The lowest BCUT2D eigenvalue weighted by atomic mass is 9.93. The van der Waals surface area contributed by atoms with E-state index in [-0.39, 0.29) is 5.56 Å². The van der Waals surface area contributed by atoms with Gasteiger partial charge < -0.3 is 28.4 Å². The van der Waals surface area contributed by atoms with Crippen molar-refractivity contribution in [3.8, 4) is 5.75 Å². The van der Waals surface area contributed by atoms with E-state index in [1.807, 2.05) is 19.1 Å². The zero-order valence-corrected chi connectivity index (χ0v) is 26.0. The highest BCUT2D eigenvalue weighted by atomic mass is 35.5. The summed E-state index contributed by atoms with van der Waals surface area (Å²) < 4.78 is 31.7. The summed E-state index contributed by atoms with van der Waals surface area (Å²) >= 11 is 6.45. The van der Waals surface area contributed by atoms with E-state index < -0.39 is 66.7 Å². The summed E-state index contributed by atoms with van der Waals surface area (Å²) in [5.41, 5.74) is 1.43. The Hall–Kier alpha value is -4.45. The first kappa shape index (κ1) is 35.7. The number of Topliss-reactive ketones (excluding diaryl/α,β-unsaturated/α-hetero) is 1. The summed E-state index contributed by atoms with van der Waals surface area (Å²) in [5.74, 6) is -4.59. The van der Waals surface area contributed by atoms with Crippen LogP contribution in [-0.2, 0) is 54.1 Å². The van der Waals surface area contributed by atoms with Crippen LogP contribution in [0.5, 0.6) is 5.75 Å². The molecular formula is C31H35ClO12. The first-order valence-corrected chi connectivity index (χ1v) is 14.0. The minimum absolute atomic E-state index is 0.0179. The van der Waals surface area contributed by atoms with Crippen molar-refractivity contribution in [1.29, 1.82) is 0 Å². The van der Waals surface area contributed by atoms with Crippen LogP contribution < -0.4 is 4.74 Å². The quantitative estimate of drug-likeness (QED) is 0.159. The molecule has 13 heteroatoms. The van der Waals surface area contributed by atoms with Gasteiger partial charge in [-0.05, 0) is 54.8 Å². The third-order valence-corrected chi connectivity index (χ3v) is 6.24. The molecule has 0 aliphatic carbocycles. The van der Waals surface area contributed by atoms with Crippen molar-refractivity contribution in [2.45, 2.75) is 72.4 Å². The van der Waals surface area contributed by atoms with Crippen LogP contribution in [0.2, 0.25) is 5.02 Å². The molecule has 238 valence electrons. The maximum atomic E-state index is 14.0. The van der Waals surface area contributed by atoms with Gasteiger partial charge in [-0.2, -0.15) is 0 Å². The molecule has 0 spiro atoms. The third-order valence-electron chi connectivity index (χ3n) is 5.87. The Kier molecular flexibility index (Phi) is 13.8. The monoisotopic (exact) mass is 634 g/mol. The second kappa shape index (κ2) is 17.0. The molecular weight excluding hydrogens is 600 g/mol. The summed E-state index contributed by atoms with van der Waals surface area (Å²) in [6, 6.07) is 11.6. The Balaban J connectivity index is 2.59. The highest BCUT2D eigenvalue weighted by molar-refractivity contribution is 6.31. The molecule has 0 saturated heterocycles. The van der Waals surface area contributed by atoms with Gasteiger partial charge in [-0.1, -0.05) is 23.7 Å². The molecule has 0 radical (unpaired) electrons. The maximum Gasteiger partial charge on any atom is 0.303 e. The normalized spacial score (nSPS) is 13.3. The molecule has 0 heterocycles. The van der Waals surface area contributed by atoms with Crippen LogP contribution in [0.25, 0.3) is 0 Å². The van der Waals surface area contributed by atoms with Gasteiger partial charge in [0.1, 0.15) is 12.4 Å². The standard InChI is InChI=1S/C31H35ClO12/c1-7-39-25-11-8-22(9-12-25)14-24-15-23(10-13-26(24)32)28(38)30(43-20(5)36)31(44-21(6)37)29(42-19(4)35)27(41-18(3)34)16-40-17(2)33/h8-13,15,27,29-31H,7,14,16H2,1-6H3/t27-,29-,30+,31+/m1/s1. The minimum atomic E-state index is -1.89. The number of carbonyl (C=O) groups is 6. The van der Waals surface area contributed by atoms with Gasteiger partial charge in [0.2, 0.25) is 11.9 Å². The lowest BCUT2D eigenvalue weighted by Gasteiger charge is -2.34. The number of ether oxygens (including phenoxy) is 6. The summed E-state index contributed by atoms with van der Waals surface area (Å²) in [6.07, 6.45) is -6.71. The van der Waals surface area contributed by atoms with Gasteiger partial charge in [0.15, 0.2) is 18.3 Å². The van der Waals surface area contributed by atoms with Crippen LogP contribution in [0.3, 0.4) is 0 Å². The van der Waals surface area contributed by atoms with E-state index in [1.54, 1.807) is 12.1 Å². The predicted molar refractivity (Wildman–Crippen MR) is 155 cm³/mol. The second-order valence-corrected chi connectivity index (χ2v) is 9.96. The maximum absolute atomic E-state index is 14.0. The largest absolute Gasteiger partial charge is 0.494 e. The van der Waals surface area contributed by atoms with Crippen molar-refractivity contribution in [2.24, 2.45) is 0 Å². The number of rotatable bonds is 15. The zero-order chi connectivity index (χ0) is 33.0. The van der Waals surface area contributed by atoms with Crippen molar-refractivity contribution >= 4 is 47.2 Å². The van der Waals surface area contributed by atoms with E-state index in [0.717, 1.165) is 40.2 Å². The molecule has 0 amide bonds. The van der Waals surface area contributed by atoms with Gasteiger partial charge in [0.25, 0.3) is 0 Å². The molecule has 12 nitrogen and oxygen atoms in total. The lowest BCUT2D eigenvalue weighted by Crippen LogP contribution is -2.55. The highest BCUT2D eigenvalue weighted by Gasteiger charge is 2.47. The van der Waals surface area contributed by atoms with Crippen LogP contribution in [0.15, 0.2) is 42.5 Å².